The maximum Gasteiger partial charge on any atom is 0.341 e. The van der Waals surface area contributed by atoms with Crippen LogP contribution in [0.15, 0.2) is 60.7 Å². The number of hydrogen-bond acceptors (Lipinski definition) is 4. The fourth-order valence-corrected chi connectivity index (χ4v) is 4.16. The van der Waals surface area contributed by atoms with Gasteiger partial charge in [-0.2, -0.15) is 0 Å². The van der Waals surface area contributed by atoms with Crippen molar-refractivity contribution in [2.45, 2.75) is 13.3 Å². The number of nitrogens with one attached hydrogen (secondary N) is 2. The number of hydrogen-bond donors (Lipinski definition) is 2. The van der Waals surface area contributed by atoms with Gasteiger partial charge < -0.3 is 15.4 Å². The summed E-state index contributed by atoms with van der Waals surface area (Å²) in [6.45, 7) is 2.77. The average molecular weight is 445 g/mol. The van der Waals surface area contributed by atoms with Crippen LogP contribution in [0.1, 0.15) is 22.8 Å². The summed E-state index contributed by atoms with van der Waals surface area (Å²) in [5, 5.41) is 8.19. The smallest absolute Gasteiger partial charge is 0.341 e. The Balaban J connectivity index is 1.67. The van der Waals surface area contributed by atoms with Crippen LogP contribution in [0.2, 0.25) is 5.02 Å². The molecule has 150 valence electrons. The molecule has 0 radical (unpaired) electrons. The molecule has 29 heavy (non-hydrogen) atoms. The summed E-state index contributed by atoms with van der Waals surface area (Å²) in [6.07, 6.45) is 0.809. The Hall–Kier alpha value is -2.41. The van der Waals surface area contributed by atoms with Crippen molar-refractivity contribution in [3.05, 3.63) is 76.8 Å². The third kappa shape index (κ3) is 6.03. The number of benzene rings is 2. The SMILES string of the molecule is CCOC(=O)c1cc(-c2ccccc2)sc1NC(=S)NCCc1ccc(Cl)cc1. The normalized spacial score (nSPS) is 10.4. The van der Waals surface area contributed by atoms with Crippen molar-refractivity contribution in [2.24, 2.45) is 0 Å². The van der Waals surface area contributed by atoms with Crippen LogP contribution in [-0.4, -0.2) is 24.2 Å². The van der Waals surface area contributed by atoms with Gasteiger partial charge in [0.05, 0.1) is 12.2 Å². The molecule has 0 saturated carbocycles. The maximum absolute atomic E-state index is 12.4. The molecule has 0 saturated heterocycles. The molecular weight excluding hydrogens is 424 g/mol. The molecule has 2 N–H and O–H groups in total. The predicted molar refractivity (Wildman–Crippen MR) is 125 cm³/mol. The lowest BCUT2D eigenvalue weighted by atomic mass is 10.1. The number of thiocarbonyl (C=S) groups is 1. The molecule has 7 heteroatoms. The first-order chi connectivity index (χ1) is 14.1. The Morgan fingerprint density at radius 2 is 1.86 bits per heavy atom. The summed E-state index contributed by atoms with van der Waals surface area (Å²) < 4.78 is 5.20. The highest BCUT2D eigenvalue weighted by Gasteiger charge is 2.19. The summed E-state index contributed by atoms with van der Waals surface area (Å²) in [6, 6.07) is 19.5. The van der Waals surface area contributed by atoms with Crippen LogP contribution in [0, 0.1) is 0 Å². The molecule has 2 aromatic carbocycles. The number of halogens is 1. The van der Waals surface area contributed by atoms with Gasteiger partial charge in [0.25, 0.3) is 0 Å². The highest BCUT2D eigenvalue weighted by atomic mass is 35.5. The number of carbonyl (C=O) groups is 1. The number of anilines is 1. The molecule has 0 spiro atoms. The van der Waals surface area contributed by atoms with Crippen molar-refractivity contribution in [3.8, 4) is 10.4 Å². The minimum atomic E-state index is -0.364. The van der Waals surface area contributed by atoms with E-state index in [4.69, 9.17) is 28.6 Å². The van der Waals surface area contributed by atoms with E-state index in [1.165, 1.54) is 16.9 Å². The first-order valence-corrected chi connectivity index (χ1v) is 10.8. The van der Waals surface area contributed by atoms with Crippen molar-refractivity contribution in [1.82, 2.24) is 5.32 Å². The lowest BCUT2D eigenvalue weighted by Crippen LogP contribution is -2.30. The average Bonchev–Trinajstić information content (AvgIpc) is 3.14. The van der Waals surface area contributed by atoms with Crippen LogP contribution >= 0.6 is 35.2 Å². The van der Waals surface area contributed by atoms with Gasteiger partial charge in [0.2, 0.25) is 0 Å². The Morgan fingerprint density at radius 1 is 1.14 bits per heavy atom. The van der Waals surface area contributed by atoms with Crippen molar-refractivity contribution in [2.75, 3.05) is 18.5 Å². The zero-order valence-electron chi connectivity index (χ0n) is 15.9. The molecular formula is C22H21ClN2O2S2. The fourth-order valence-electron chi connectivity index (χ4n) is 2.71. The largest absolute Gasteiger partial charge is 0.462 e. The van der Waals surface area contributed by atoms with Crippen LogP contribution in [0.4, 0.5) is 5.00 Å². The van der Waals surface area contributed by atoms with E-state index in [-0.39, 0.29) is 5.97 Å². The van der Waals surface area contributed by atoms with Crippen molar-refractivity contribution in [3.63, 3.8) is 0 Å². The predicted octanol–water partition coefficient (Wildman–Crippen LogP) is 5.77. The number of esters is 1. The number of thiophene rings is 1. The van der Waals surface area contributed by atoms with Gasteiger partial charge in [-0.3, -0.25) is 0 Å². The molecule has 0 atom stereocenters. The van der Waals surface area contributed by atoms with Crippen LogP contribution in [0.25, 0.3) is 10.4 Å². The molecule has 0 fully saturated rings. The van der Waals surface area contributed by atoms with E-state index in [9.17, 15) is 4.79 Å². The number of rotatable bonds is 7. The molecule has 3 rings (SSSR count). The first-order valence-electron chi connectivity index (χ1n) is 9.22. The van der Waals surface area contributed by atoms with Gasteiger partial charge >= 0.3 is 5.97 Å². The summed E-state index contributed by atoms with van der Waals surface area (Å²) in [5.74, 6) is -0.364. The van der Waals surface area contributed by atoms with E-state index in [0.717, 1.165) is 21.9 Å². The molecule has 0 aliphatic heterocycles. The van der Waals surface area contributed by atoms with Crippen molar-refractivity contribution in [1.29, 1.82) is 0 Å². The van der Waals surface area contributed by atoms with Gasteiger partial charge in [0.15, 0.2) is 5.11 Å². The van der Waals surface area contributed by atoms with Gasteiger partial charge in [-0.1, -0.05) is 54.1 Å². The third-order valence-electron chi connectivity index (χ3n) is 4.13. The molecule has 0 amide bonds. The third-order valence-corrected chi connectivity index (χ3v) is 5.72. The standard InChI is InChI=1S/C22H21ClN2O2S2/c1-2-27-21(26)18-14-19(16-6-4-3-5-7-16)29-20(18)25-22(28)24-13-12-15-8-10-17(23)11-9-15/h3-11,14H,2,12-13H2,1H3,(H2,24,25,28). The van der Waals surface area contributed by atoms with Crippen molar-refractivity contribution < 1.29 is 9.53 Å². The summed E-state index contributed by atoms with van der Waals surface area (Å²) in [7, 11) is 0. The minimum Gasteiger partial charge on any atom is -0.462 e. The summed E-state index contributed by atoms with van der Waals surface area (Å²) >= 11 is 12.8. The maximum atomic E-state index is 12.4. The van der Waals surface area contributed by atoms with E-state index in [0.29, 0.717) is 28.8 Å². The Bertz CT molecular complexity index is 972. The van der Waals surface area contributed by atoms with E-state index in [2.05, 4.69) is 10.6 Å². The molecule has 1 heterocycles. The van der Waals surface area contributed by atoms with E-state index in [1.54, 1.807) is 6.92 Å². The molecule has 0 aliphatic rings. The lowest BCUT2D eigenvalue weighted by molar-refractivity contribution is 0.0528. The van der Waals surface area contributed by atoms with Gasteiger partial charge in [-0.05, 0) is 54.9 Å². The molecule has 3 aromatic rings. The number of carbonyl (C=O) groups excluding carboxylic acids is 1. The second-order valence-corrected chi connectivity index (χ2v) is 8.09. The van der Waals surface area contributed by atoms with E-state index >= 15 is 0 Å². The second-order valence-electron chi connectivity index (χ2n) is 6.20. The Morgan fingerprint density at radius 3 is 2.55 bits per heavy atom. The molecule has 1 aromatic heterocycles. The van der Waals surface area contributed by atoms with Crippen LogP contribution in [-0.2, 0) is 11.2 Å². The first kappa shape index (κ1) is 21.3. The van der Waals surface area contributed by atoms with Gasteiger partial charge in [0, 0.05) is 16.4 Å². The van der Waals surface area contributed by atoms with Gasteiger partial charge in [0.1, 0.15) is 5.00 Å². The van der Waals surface area contributed by atoms with Crippen LogP contribution < -0.4 is 10.6 Å². The zero-order valence-corrected chi connectivity index (χ0v) is 18.3. The van der Waals surface area contributed by atoms with E-state index in [1.807, 2.05) is 60.7 Å². The summed E-state index contributed by atoms with van der Waals surface area (Å²) in [5.41, 5.74) is 2.69. The molecule has 0 unspecified atom stereocenters. The van der Waals surface area contributed by atoms with Crippen LogP contribution in [0.5, 0.6) is 0 Å². The van der Waals surface area contributed by atoms with Crippen LogP contribution in [0.3, 0.4) is 0 Å². The van der Waals surface area contributed by atoms with Gasteiger partial charge in [-0.15, -0.1) is 11.3 Å². The quantitative estimate of drug-likeness (QED) is 0.357. The summed E-state index contributed by atoms with van der Waals surface area (Å²) in [4.78, 5) is 13.4. The second kappa shape index (κ2) is 10.4. The molecule has 0 aliphatic carbocycles. The van der Waals surface area contributed by atoms with Crippen molar-refractivity contribution >= 4 is 51.2 Å². The molecule has 4 nitrogen and oxygen atoms in total. The zero-order chi connectivity index (χ0) is 20.6. The van der Waals surface area contributed by atoms with E-state index < -0.39 is 0 Å². The highest BCUT2D eigenvalue weighted by Crippen LogP contribution is 2.35. The molecule has 0 bridgehead atoms. The van der Waals surface area contributed by atoms with Gasteiger partial charge in [-0.25, -0.2) is 4.79 Å². The minimum absolute atomic E-state index is 0.318. The number of ether oxygens (including phenoxy) is 1. The topological polar surface area (TPSA) is 50.4 Å². The monoisotopic (exact) mass is 444 g/mol. The Labute approximate surface area is 184 Å². The fraction of sp³-hybridized carbons (Fsp3) is 0.182. The lowest BCUT2D eigenvalue weighted by Gasteiger charge is -2.10. The Kier molecular flexibility index (Phi) is 7.63. The highest BCUT2D eigenvalue weighted by molar-refractivity contribution is 7.80.